The molecule has 0 radical (unpaired) electrons. The molecule has 1 atom stereocenters. The fraction of sp³-hybridized carbons (Fsp3) is 0.300. The van der Waals surface area contributed by atoms with Gasteiger partial charge in [-0.15, -0.1) is 0 Å². The smallest absolute Gasteiger partial charge is 0.337 e. The maximum atomic E-state index is 12.9. The van der Waals surface area contributed by atoms with Gasteiger partial charge in [0.05, 0.1) is 23.5 Å². The molecule has 0 saturated carbocycles. The van der Waals surface area contributed by atoms with Gasteiger partial charge in [-0.25, -0.2) is 13.2 Å². The van der Waals surface area contributed by atoms with Crippen LogP contribution >= 0.6 is 11.6 Å². The fourth-order valence-electron chi connectivity index (χ4n) is 3.18. The van der Waals surface area contributed by atoms with Crippen molar-refractivity contribution in [2.24, 2.45) is 5.92 Å². The number of amides is 1. The monoisotopic (exact) mass is 436 g/mol. The Morgan fingerprint density at radius 3 is 2.38 bits per heavy atom. The number of halogens is 1. The Labute approximate surface area is 174 Å². The molecule has 1 N–H and O–H groups in total. The lowest BCUT2D eigenvalue weighted by molar-refractivity contribution is -0.120. The lowest BCUT2D eigenvalue weighted by atomic mass is 9.98. The SMILES string of the molecule is COC(=O)c1ccc(NC(=O)[C@H]2CCCN(S(=O)(=O)c3ccc(Cl)cc3)C2)cc1. The van der Waals surface area contributed by atoms with Crippen molar-refractivity contribution in [1.29, 1.82) is 0 Å². The molecular weight excluding hydrogens is 416 g/mol. The van der Waals surface area contributed by atoms with Gasteiger partial charge in [0, 0.05) is 23.8 Å². The summed E-state index contributed by atoms with van der Waals surface area (Å²) in [6, 6.07) is 12.3. The number of benzene rings is 2. The number of hydrogen-bond donors (Lipinski definition) is 1. The van der Waals surface area contributed by atoms with E-state index in [1.807, 2.05) is 0 Å². The van der Waals surface area contributed by atoms with E-state index in [-0.39, 0.29) is 17.3 Å². The Kier molecular flexibility index (Phi) is 6.56. The predicted molar refractivity (Wildman–Crippen MR) is 109 cm³/mol. The second-order valence-electron chi connectivity index (χ2n) is 6.71. The number of anilines is 1. The summed E-state index contributed by atoms with van der Waals surface area (Å²) in [7, 11) is -2.40. The quantitative estimate of drug-likeness (QED) is 0.726. The van der Waals surface area contributed by atoms with E-state index in [9.17, 15) is 18.0 Å². The maximum Gasteiger partial charge on any atom is 0.337 e. The van der Waals surface area contributed by atoms with Gasteiger partial charge in [-0.3, -0.25) is 4.79 Å². The number of carbonyl (C=O) groups excluding carboxylic acids is 2. The summed E-state index contributed by atoms with van der Waals surface area (Å²) in [5.41, 5.74) is 0.906. The van der Waals surface area contributed by atoms with Gasteiger partial charge in [0.2, 0.25) is 15.9 Å². The fourth-order valence-corrected chi connectivity index (χ4v) is 4.83. The van der Waals surface area contributed by atoms with Crippen LogP contribution in [-0.4, -0.2) is 44.8 Å². The van der Waals surface area contributed by atoms with Crippen LogP contribution in [0.1, 0.15) is 23.2 Å². The molecule has 154 valence electrons. The van der Waals surface area contributed by atoms with Crippen molar-refractivity contribution in [3.63, 3.8) is 0 Å². The van der Waals surface area contributed by atoms with Gasteiger partial charge >= 0.3 is 5.97 Å². The standard InChI is InChI=1S/C20H21ClN2O5S/c1-28-20(25)14-4-8-17(9-5-14)22-19(24)15-3-2-12-23(13-15)29(26,27)18-10-6-16(21)7-11-18/h4-11,15H,2-3,12-13H2,1H3,(H,22,24)/t15-/m0/s1. The van der Waals surface area contributed by atoms with Gasteiger partial charge in [0.25, 0.3) is 0 Å². The van der Waals surface area contributed by atoms with Gasteiger partial charge in [-0.2, -0.15) is 4.31 Å². The zero-order valence-corrected chi connectivity index (χ0v) is 17.4. The van der Waals surface area contributed by atoms with Crippen molar-refractivity contribution in [3.8, 4) is 0 Å². The van der Waals surface area contributed by atoms with Crippen LogP contribution in [0.5, 0.6) is 0 Å². The van der Waals surface area contributed by atoms with Crippen molar-refractivity contribution < 1.29 is 22.7 Å². The highest BCUT2D eigenvalue weighted by Crippen LogP contribution is 2.25. The first-order valence-electron chi connectivity index (χ1n) is 9.06. The number of ether oxygens (including phenoxy) is 1. The van der Waals surface area contributed by atoms with E-state index in [2.05, 4.69) is 10.1 Å². The van der Waals surface area contributed by atoms with Crippen LogP contribution in [0.25, 0.3) is 0 Å². The zero-order valence-electron chi connectivity index (χ0n) is 15.8. The molecule has 0 aliphatic carbocycles. The summed E-state index contributed by atoms with van der Waals surface area (Å²) < 4.78 is 31.7. The van der Waals surface area contributed by atoms with Crippen LogP contribution in [0.15, 0.2) is 53.4 Å². The molecule has 0 bridgehead atoms. The van der Waals surface area contributed by atoms with Gasteiger partial charge in [-0.05, 0) is 61.4 Å². The highest BCUT2D eigenvalue weighted by Gasteiger charge is 2.33. The van der Waals surface area contributed by atoms with E-state index >= 15 is 0 Å². The number of sulfonamides is 1. The van der Waals surface area contributed by atoms with Crippen LogP contribution in [-0.2, 0) is 19.6 Å². The Hall–Kier alpha value is -2.42. The van der Waals surface area contributed by atoms with Crippen LogP contribution < -0.4 is 5.32 Å². The van der Waals surface area contributed by atoms with Crippen LogP contribution in [0, 0.1) is 5.92 Å². The van der Waals surface area contributed by atoms with Crippen LogP contribution in [0.4, 0.5) is 5.69 Å². The summed E-state index contributed by atoms with van der Waals surface area (Å²) in [5.74, 6) is -1.18. The molecule has 1 aliphatic rings. The molecule has 7 nitrogen and oxygen atoms in total. The Morgan fingerprint density at radius 2 is 1.76 bits per heavy atom. The van der Waals surface area contributed by atoms with Crippen molar-refractivity contribution in [2.45, 2.75) is 17.7 Å². The van der Waals surface area contributed by atoms with Crippen LogP contribution in [0.3, 0.4) is 0 Å². The van der Waals surface area contributed by atoms with E-state index in [1.165, 1.54) is 35.7 Å². The molecule has 0 spiro atoms. The number of rotatable bonds is 5. The lowest BCUT2D eigenvalue weighted by Gasteiger charge is -2.31. The summed E-state index contributed by atoms with van der Waals surface area (Å²) in [6.45, 7) is 0.472. The highest BCUT2D eigenvalue weighted by molar-refractivity contribution is 7.89. The molecule has 3 rings (SSSR count). The number of hydrogen-bond acceptors (Lipinski definition) is 5. The van der Waals surface area contributed by atoms with Crippen molar-refractivity contribution >= 4 is 39.2 Å². The second-order valence-corrected chi connectivity index (χ2v) is 9.09. The van der Waals surface area contributed by atoms with E-state index in [4.69, 9.17) is 11.6 Å². The molecular formula is C20H21ClN2O5S. The first kappa shape index (κ1) is 21.3. The summed E-state index contributed by atoms with van der Waals surface area (Å²) in [6.07, 6.45) is 1.19. The Balaban J connectivity index is 1.67. The van der Waals surface area contributed by atoms with E-state index in [0.29, 0.717) is 35.7 Å². The molecule has 0 unspecified atom stereocenters. The number of nitrogens with one attached hydrogen (secondary N) is 1. The minimum Gasteiger partial charge on any atom is -0.465 e. The third-order valence-corrected chi connectivity index (χ3v) is 6.91. The van der Waals surface area contributed by atoms with Gasteiger partial charge in [-0.1, -0.05) is 11.6 Å². The molecule has 2 aromatic rings. The van der Waals surface area contributed by atoms with E-state index in [1.54, 1.807) is 24.3 Å². The maximum absolute atomic E-state index is 12.9. The third-order valence-electron chi connectivity index (χ3n) is 4.78. The number of esters is 1. The highest BCUT2D eigenvalue weighted by atomic mass is 35.5. The molecule has 1 fully saturated rings. The van der Waals surface area contributed by atoms with Gasteiger partial charge in [0.1, 0.15) is 0 Å². The van der Waals surface area contributed by atoms with E-state index in [0.717, 1.165) is 0 Å². The molecule has 2 aromatic carbocycles. The van der Waals surface area contributed by atoms with Crippen molar-refractivity contribution in [3.05, 3.63) is 59.1 Å². The predicted octanol–water partition coefficient (Wildman–Crippen LogP) is 3.17. The average Bonchev–Trinajstić information content (AvgIpc) is 2.74. The number of nitrogens with zero attached hydrogens (tertiary/aromatic N) is 1. The molecule has 1 saturated heterocycles. The largest absolute Gasteiger partial charge is 0.465 e. The minimum atomic E-state index is -3.69. The van der Waals surface area contributed by atoms with Gasteiger partial charge < -0.3 is 10.1 Å². The summed E-state index contributed by atoms with van der Waals surface area (Å²) in [4.78, 5) is 24.3. The third kappa shape index (κ3) is 4.95. The summed E-state index contributed by atoms with van der Waals surface area (Å²) >= 11 is 5.84. The number of carbonyl (C=O) groups is 2. The second kappa shape index (κ2) is 8.94. The van der Waals surface area contributed by atoms with Crippen molar-refractivity contribution in [2.75, 3.05) is 25.5 Å². The first-order valence-corrected chi connectivity index (χ1v) is 10.9. The lowest BCUT2D eigenvalue weighted by Crippen LogP contribution is -2.43. The molecule has 9 heteroatoms. The zero-order chi connectivity index (χ0) is 21.0. The Morgan fingerprint density at radius 1 is 1.10 bits per heavy atom. The van der Waals surface area contributed by atoms with Gasteiger partial charge in [0.15, 0.2) is 0 Å². The van der Waals surface area contributed by atoms with Crippen LogP contribution in [0.2, 0.25) is 5.02 Å². The van der Waals surface area contributed by atoms with Crippen molar-refractivity contribution in [1.82, 2.24) is 4.31 Å². The van der Waals surface area contributed by atoms with E-state index < -0.39 is 21.9 Å². The molecule has 1 aliphatic heterocycles. The molecule has 1 amide bonds. The minimum absolute atomic E-state index is 0.108. The topological polar surface area (TPSA) is 92.8 Å². The molecule has 1 heterocycles. The summed E-state index contributed by atoms with van der Waals surface area (Å²) in [5, 5.41) is 3.24. The average molecular weight is 437 g/mol. The Bertz CT molecular complexity index is 991. The number of piperidine rings is 1. The first-order chi connectivity index (χ1) is 13.8. The number of methoxy groups -OCH3 is 1. The normalized spacial score (nSPS) is 17.5. The molecule has 29 heavy (non-hydrogen) atoms. The molecule has 0 aromatic heterocycles.